The van der Waals surface area contributed by atoms with Gasteiger partial charge in [-0.3, -0.25) is 19.8 Å². The molecule has 2 aliphatic heterocycles. The van der Waals surface area contributed by atoms with Crippen molar-refractivity contribution in [3.63, 3.8) is 0 Å². The van der Waals surface area contributed by atoms with Crippen molar-refractivity contribution in [3.05, 3.63) is 29.8 Å². The molecule has 2 atom stereocenters. The van der Waals surface area contributed by atoms with E-state index >= 15 is 0 Å². The second kappa shape index (κ2) is 6.93. The predicted molar refractivity (Wildman–Crippen MR) is 95.1 cm³/mol. The first kappa shape index (κ1) is 17.0. The standard InChI is InChI=1S/C19H27N3O2/c1-13(2)22-10-9-21(12-14(22)3)16-6-4-5-15(11-16)17-7-8-18(23)20-19(17)24/h4-6,11,13-14,17H,7-10,12H2,1-3H3,(H,20,23,24). The zero-order valence-corrected chi connectivity index (χ0v) is 14.8. The van der Waals surface area contributed by atoms with Crippen molar-refractivity contribution in [1.82, 2.24) is 10.2 Å². The van der Waals surface area contributed by atoms with Crippen molar-refractivity contribution in [2.45, 2.75) is 51.6 Å². The summed E-state index contributed by atoms with van der Waals surface area (Å²) in [5, 5.41) is 2.45. The summed E-state index contributed by atoms with van der Waals surface area (Å²) in [4.78, 5) is 28.4. The number of carbonyl (C=O) groups is 2. The maximum atomic E-state index is 12.1. The summed E-state index contributed by atoms with van der Waals surface area (Å²) >= 11 is 0. The van der Waals surface area contributed by atoms with Crippen LogP contribution in [-0.2, 0) is 9.59 Å². The Morgan fingerprint density at radius 3 is 2.67 bits per heavy atom. The first-order valence-corrected chi connectivity index (χ1v) is 8.90. The first-order chi connectivity index (χ1) is 11.5. The Kier molecular flexibility index (Phi) is 4.90. The molecule has 2 amide bonds. The number of amides is 2. The number of nitrogens with zero attached hydrogens (tertiary/aromatic N) is 2. The molecule has 1 aromatic carbocycles. The van der Waals surface area contributed by atoms with Crippen LogP contribution < -0.4 is 10.2 Å². The second-order valence-corrected chi connectivity index (χ2v) is 7.23. The zero-order chi connectivity index (χ0) is 17.3. The Bertz CT molecular complexity index is 629. The molecule has 5 heteroatoms. The van der Waals surface area contributed by atoms with Gasteiger partial charge in [0.05, 0.1) is 5.92 Å². The Balaban J connectivity index is 1.74. The Labute approximate surface area is 144 Å². The first-order valence-electron chi connectivity index (χ1n) is 8.90. The average Bonchev–Trinajstić information content (AvgIpc) is 2.54. The minimum atomic E-state index is -0.211. The number of carbonyl (C=O) groups excluding carboxylic acids is 2. The lowest BCUT2D eigenvalue weighted by molar-refractivity contribution is -0.134. The molecular formula is C19H27N3O2. The van der Waals surface area contributed by atoms with Gasteiger partial charge in [0.1, 0.15) is 0 Å². The Hall–Kier alpha value is -1.88. The van der Waals surface area contributed by atoms with Crippen LogP contribution in [0.4, 0.5) is 5.69 Å². The molecule has 0 radical (unpaired) electrons. The fourth-order valence-corrected chi connectivity index (χ4v) is 3.92. The molecule has 5 nitrogen and oxygen atoms in total. The van der Waals surface area contributed by atoms with Gasteiger partial charge in [0, 0.05) is 43.8 Å². The average molecular weight is 329 g/mol. The number of benzene rings is 1. The molecule has 2 saturated heterocycles. The van der Waals surface area contributed by atoms with Crippen LogP contribution in [-0.4, -0.2) is 48.4 Å². The molecule has 0 bridgehead atoms. The van der Waals surface area contributed by atoms with Gasteiger partial charge in [0.2, 0.25) is 11.8 Å². The minimum absolute atomic E-state index is 0.161. The molecule has 0 spiro atoms. The number of piperazine rings is 1. The Morgan fingerprint density at radius 1 is 1.21 bits per heavy atom. The van der Waals surface area contributed by atoms with Crippen molar-refractivity contribution in [3.8, 4) is 0 Å². The summed E-state index contributed by atoms with van der Waals surface area (Å²) in [7, 11) is 0. The highest BCUT2D eigenvalue weighted by molar-refractivity contribution is 6.01. The molecule has 3 rings (SSSR count). The van der Waals surface area contributed by atoms with E-state index in [9.17, 15) is 9.59 Å². The van der Waals surface area contributed by atoms with Crippen LogP contribution in [0.2, 0.25) is 0 Å². The molecule has 0 aliphatic carbocycles. The third-order valence-electron chi connectivity index (χ3n) is 5.22. The van der Waals surface area contributed by atoms with Gasteiger partial charge in [-0.1, -0.05) is 12.1 Å². The normalized spacial score (nSPS) is 25.9. The van der Waals surface area contributed by atoms with E-state index < -0.39 is 0 Å². The highest BCUT2D eigenvalue weighted by Gasteiger charge is 2.29. The summed E-state index contributed by atoms with van der Waals surface area (Å²) < 4.78 is 0. The van der Waals surface area contributed by atoms with Crippen LogP contribution in [0, 0.1) is 0 Å². The Morgan fingerprint density at radius 2 is 2.00 bits per heavy atom. The quantitative estimate of drug-likeness (QED) is 0.863. The number of rotatable bonds is 3. The smallest absolute Gasteiger partial charge is 0.234 e. The van der Waals surface area contributed by atoms with Crippen LogP contribution in [0.25, 0.3) is 0 Å². The summed E-state index contributed by atoms with van der Waals surface area (Å²) in [5.74, 6) is -0.538. The fourth-order valence-electron chi connectivity index (χ4n) is 3.92. The fraction of sp³-hybridized carbons (Fsp3) is 0.579. The van der Waals surface area contributed by atoms with E-state index in [0.29, 0.717) is 24.9 Å². The summed E-state index contributed by atoms with van der Waals surface area (Å²) in [6.07, 6.45) is 1.02. The molecule has 0 saturated carbocycles. The van der Waals surface area contributed by atoms with Crippen molar-refractivity contribution in [2.75, 3.05) is 24.5 Å². The highest BCUT2D eigenvalue weighted by atomic mass is 16.2. The maximum Gasteiger partial charge on any atom is 0.234 e. The third-order valence-corrected chi connectivity index (χ3v) is 5.22. The third kappa shape index (κ3) is 3.46. The molecule has 24 heavy (non-hydrogen) atoms. The van der Waals surface area contributed by atoms with Crippen LogP contribution in [0.15, 0.2) is 24.3 Å². The van der Waals surface area contributed by atoms with Gasteiger partial charge in [0.25, 0.3) is 0 Å². The van der Waals surface area contributed by atoms with Gasteiger partial charge in [-0.25, -0.2) is 0 Å². The van der Waals surface area contributed by atoms with Gasteiger partial charge >= 0.3 is 0 Å². The molecule has 130 valence electrons. The highest BCUT2D eigenvalue weighted by Crippen LogP contribution is 2.29. The van der Waals surface area contributed by atoms with E-state index in [1.807, 2.05) is 12.1 Å². The van der Waals surface area contributed by atoms with E-state index in [-0.39, 0.29) is 17.7 Å². The summed E-state index contributed by atoms with van der Waals surface area (Å²) in [6, 6.07) is 9.34. The van der Waals surface area contributed by atoms with E-state index in [2.05, 4.69) is 48.0 Å². The van der Waals surface area contributed by atoms with Crippen LogP contribution in [0.1, 0.15) is 45.1 Å². The number of hydrogen-bond donors (Lipinski definition) is 1. The van der Waals surface area contributed by atoms with Crippen molar-refractivity contribution in [1.29, 1.82) is 0 Å². The van der Waals surface area contributed by atoms with Gasteiger partial charge in [-0.15, -0.1) is 0 Å². The largest absolute Gasteiger partial charge is 0.369 e. The number of nitrogens with one attached hydrogen (secondary N) is 1. The number of anilines is 1. The van der Waals surface area contributed by atoms with Crippen LogP contribution in [0.3, 0.4) is 0 Å². The number of piperidine rings is 1. The molecular weight excluding hydrogens is 302 g/mol. The van der Waals surface area contributed by atoms with E-state index in [1.165, 1.54) is 5.69 Å². The van der Waals surface area contributed by atoms with Crippen molar-refractivity contribution < 1.29 is 9.59 Å². The molecule has 2 heterocycles. The maximum absolute atomic E-state index is 12.1. The molecule has 2 fully saturated rings. The van der Waals surface area contributed by atoms with E-state index in [1.54, 1.807) is 0 Å². The monoisotopic (exact) mass is 329 g/mol. The lowest BCUT2D eigenvalue weighted by Gasteiger charge is -2.43. The second-order valence-electron chi connectivity index (χ2n) is 7.23. The van der Waals surface area contributed by atoms with Gasteiger partial charge in [0.15, 0.2) is 0 Å². The van der Waals surface area contributed by atoms with E-state index in [0.717, 1.165) is 25.2 Å². The van der Waals surface area contributed by atoms with Crippen molar-refractivity contribution in [2.24, 2.45) is 0 Å². The molecule has 2 unspecified atom stereocenters. The molecule has 0 aromatic heterocycles. The van der Waals surface area contributed by atoms with Gasteiger partial charge in [-0.05, 0) is 44.9 Å². The minimum Gasteiger partial charge on any atom is -0.369 e. The van der Waals surface area contributed by atoms with Gasteiger partial charge in [-0.2, -0.15) is 0 Å². The number of imide groups is 1. The molecule has 1 N–H and O–H groups in total. The molecule has 2 aliphatic rings. The van der Waals surface area contributed by atoms with Crippen molar-refractivity contribution >= 4 is 17.5 Å². The summed E-state index contributed by atoms with van der Waals surface area (Å²) in [5.41, 5.74) is 2.18. The predicted octanol–water partition coefficient (Wildman–Crippen LogP) is 2.13. The zero-order valence-electron chi connectivity index (χ0n) is 14.8. The number of hydrogen-bond acceptors (Lipinski definition) is 4. The topological polar surface area (TPSA) is 52.6 Å². The summed E-state index contributed by atoms with van der Waals surface area (Å²) in [6.45, 7) is 9.82. The SMILES string of the molecule is CC(C)N1CCN(c2cccc(C3CCC(=O)NC3=O)c2)CC1C. The molecule has 1 aromatic rings. The lowest BCUT2D eigenvalue weighted by atomic mass is 9.90. The van der Waals surface area contributed by atoms with Gasteiger partial charge < -0.3 is 4.90 Å². The van der Waals surface area contributed by atoms with Crippen LogP contribution >= 0.6 is 0 Å². The lowest BCUT2D eigenvalue weighted by Crippen LogP contribution is -2.54. The van der Waals surface area contributed by atoms with Crippen LogP contribution in [0.5, 0.6) is 0 Å². The van der Waals surface area contributed by atoms with E-state index in [4.69, 9.17) is 0 Å².